The number of methoxy groups -OCH3 is 1. The Hall–Kier alpha value is -2.83. The Bertz CT molecular complexity index is 862. The SMILES string of the molecule is COC(=O)c1cccc2c1[nH]c(=O)c1nc(N)oc12. The van der Waals surface area contributed by atoms with E-state index in [2.05, 4.69) is 14.7 Å². The van der Waals surface area contributed by atoms with Gasteiger partial charge in [-0.3, -0.25) is 4.79 Å². The van der Waals surface area contributed by atoms with Gasteiger partial charge < -0.3 is 19.9 Å². The van der Waals surface area contributed by atoms with E-state index in [4.69, 9.17) is 10.2 Å². The molecule has 0 aliphatic rings. The lowest BCUT2D eigenvalue weighted by molar-refractivity contribution is 0.0603. The molecule has 96 valence electrons. The number of esters is 1. The maximum atomic E-state index is 11.9. The van der Waals surface area contributed by atoms with Crippen molar-refractivity contribution in [2.45, 2.75) is 0 Å². The number of anilines is 1. The number of para-hydroxylation sites is 1. The number of carbonyl (C=O) groups is 1. The lowest BCUT2D eigenvalue weighted by Gasteiger charge is -2.04. The molecule has 0 saturated carbocycles. The number of hydrogen-bond donors (Lipinski definition) is 2. The van der Waals surface area contributed by atoms with E-state index in [0.717, 1.165) is 0 Å². The number of carbonyl (C=O) groups excluding carboxylic acids is 1. The molecule has 0 unspecified atom stereocenters. The zero-order valence-corrected chi connectivity index (χ0v) is 9.89. The number of aromatic amines is 1. The van der Waals surface area contributed by atoms with Crippen LogP contribution in [-0.4, -0.2) is 23.0 Å². The van der Waals surface area contributed by atoms with E-state index in [1.54, 1.807) is 18.2 Å². The largest absolute Gasteiger partial charge is 0.465 e. The minimum absolute atomic E-state index is 0.100. The van der Waals surface area contributed by atoms with E-state index < -0.39 is 11.5 Å². The third-order valence-corrected chi connectivity index (χ3v) is 2.81. The van der Waals surface area contributed by atoms with Crippen LogP contribution in [0.1, 0.15) is 10.4 Å². The number of oxazole rings is 1. The molecule has 0 saturated heterocycles. The Labute approximate surface area is 106 Å². The third kappa shape index (κ3) is 1.55. The highest BCUT2D eigenvalue weighted by Gasteiger charge is 2.17. The smallest absolute Gasteiger partial charge is 0.339 e. The minimum Gasteiger partial charge on any atom is -0.465 e. The van der Waals surface area contributed by atoms with Crippen molar-refractivity contribution in [2.24, 2.45) is 0 Å². The second-order valence-corrected chi connectivity index (χ2v) is 3.90. The monoisotopic (exact) mass is 259 g/mol. The summed E-state index contributed by atoms with van der Waals surface area (Å²) in [7, 11) is 1.27. The number of nitrogens with two attached hydrogens (primary N) is 1. The van der Waals surface area contributed by atoms with E-state index in [1.807, 2.05) is 0 Å². The van der Waals surface area contributed by atoms with Gasteiger partial charge in [-0.15, -0.1) is 0 Å². The number of H-pyrrole nitrogens is 1. The van der Waals surface area contributed by atoms with Crippen molar-refractivity contribution in [1.29, 1.82) is 0 Å². The van der Waals surface area contributed by atoms with Gasteiger partial charge in [0.15, 0.2) is 11.1 Å². The van der Waals surface area contributed by atoms with Crippen molar-refractivity contribution in [3.63, 3.8) is 0 Å². The van der Waals surface area contributed by atoms with Gasteiger partial charge in [0.1, 0.15) is 0 Å². The molecular formula is C12H9N3O4. The van der Waals surface area contributed by atoms with Crippen molar-refractivity contribution >= 4 is 34.0 Å². The van der Waals surface area contributed by atoms with Gasteiger partial charge in [0, 0.05) is 5.39 Å². The van der Waals surface area contributed by atoms with Crippen LogP contribution in [0.4, 0.5) is 6.01 Å². The molecule has 0 aliphatic carbocycles. The van der Waals surface area contributed by atoms with Gasteiger partial charge >= 0.3 is 5.97 Å². The Morgan fingerprint density at radius 1 is 1.47 bits per heavy atom. The first kappa shape index (κ1) is 11.3. The number of pyridine rings is 1. The zero-order chi connectivity index (χ0) is 13.6. The van der Waals surface area contributed by atoms with Crippen LogP contribution in [0, 0.1) is 0 Å². The number of aromatic nitrogens is 2. The minimum atomic E-state index is -0.548. The summed E-state index contributed by atoms with van der Waals surface area (Å²) in [4.78, 5) is 30.0. The van der Waals surface area contributed by atoms with Crippen LogP contribution in [0.25, 0.3) is 22.0 Å². The summed E-state index contributed by atoms with van der Waals surface area (Å²) in [6, 6.07) is 4.81. The van der Waals surface area contributed by atoms with Crippen molar-refractivity contribution in [1.82, 2.24) is 9.97 Å². The topological polar surface area (TPSA) is 111 Å². The standard InChI is InChI=1S/C12H9N3O4/c1-18-11(17)6-4-2-3-5-7(6)14-10(16)8-9(5)19-12(13)15-8/h2-4H,1H3,(H2,13,15)(H,14,16). The maximum Gasteiger partial charge on any atom is 0.339 e. The Morgan fingerprint density at radius 2 is 2.26 bits per heavy atom. The number of nitrogens with zero attached hydrogens (tertiary/aromatic N) is 1. The Balaban J connectivity index is 2.52. The van der Waals surface area contributed by atoms with Gasteiger partial charge in [0.25, 0.3) is 11.6 Å². The van der Waals surface area contributed by atoms with Crippen LogP contribution in [0.2, 0.25) is 0 Å². The molecule has 2 heterocycles. The number of hydrogen-bond acceptors (Lipinski definition) is 6. The summed E-state index contributed by atoms with van der Waals surface area (Å²) in [5.74, 6) is -0.548. The summed E-state index contributed by atoms with van der Waals surface area (Å²) in [5, 5.41) is 0.543. The molecule has 7 heteroatoms. The average Bonchev–Trinajstić information content (AvgIpc) is 2.80. The molecular weight excluding hydrogens is 250 g/mol. The normalized spacial score (nSPS) is 11.0. The summed E-state index contributed by atoms with van der Waals surface area (Å²) in [6.45, 7) is 0. The van der Waals surface area contributed by atoms with Crippen LogP contribution >= 0.6 is 0 Å². The molecule has 0 atom stereocenters. The maximum absolute atomic E-state index is 11.9. The molecule has 7 nitrogen and oxygen atoms in total. The molecule has 19 heavy (non-hydrogen) atoms. The number of nitrogens with one attached hydrogen (secondary N) is 1. The van der Waals surface area contributed by atoms with E-state index >= 15 is 0 Å². The van der Waals surface area contributed by atoms with Crippen molar-refractivity contribution in [3.05, 3.63) is 34.1 Å². The van der Waals surface area contributed by atoms with Crippen molar-refractivity contribution < 1.29 is 13.9 Å². The van der Waals surface area contributed by atoms with Gasteiger partial charge in [-0.25, -0.2) is 4.79 Å². The first-order valence-electron chi connectivity index (χ1n) is 5.41. The summed E-state index contributed by atoms with van der Waals surface area (Å²) >= 11 is 0. The fourth-order valence-corrected chi connectivity index (χ4v) is 2.00. The zero-order valence-electron chi connectivity index (χ0n) is 9.89. The van der Waals surface area contributed by atoms with E-state index in [0.29, 0.717) is 10.9 Å². The molecule has 0 fully saturated rings. The van der Waals surface area contributed by atoms with E-state index in [1.165, 1.54) is 7.11 Å². The number of fused-ring (bicyclic) bond motifs is 3. The van der Waals surface area contributed by atoms with Gasteiger partial charge in [-0.05, 0) is 12.1 Å². The van der Waals surface area contributed by atoms with Gasteiger partial charge in [-0.2, -0.15) is 4.98 Å². The van der Waals surface area contributed by atoms with Crippen LogP contribution in [-0.2, 0) is 4.74 Å². The van der Waals surface area contributed by atoms with Crippen molar-refractivity contribution in [2.75, 3.05) is 12.8 Å². The van der Waals surface area contributed by atoms with Crippen LogP contribution in [0.5, 0.6) is 0 Å². The highest BCUT2D eigenvalue weighted by atomic mass is 16.5. The highest BCUT2D eigenvalue weighted by molar-refractivity contribution is 6.09. The van der Waals surface area contributed by atoms with Gasteiger partial charge in [0.05, 0.1) is 18.2 Å². The molecule has 1 aromatic carbocycles. The van der Waals surface area contributed by atoms with Gasteiger partial charge in [-0.1, -0.05) is 6.07 Å². The van der Waals surface area contributed by atoms with Crippen LogP contribution < -0.4 is 11.3 Å². The number of ether oxygens (including phenoxy) is 1. The summed E-state index contributed by atoms with van der Waals surface area (Å²) < 4.78 is 9.89. The molecule has 0 radical (unpaired) electrons. The average molecular weight is 259 g/mol. The van der Waals surface area contributed by atoms with E-state index in [-0.39, 0.29) is 22.7 Å². The predicted molar refractivity (Wildman–Crippen MR) is 67.9 cm³/mol. The molecule has 0 spiro atoms. The number of nitrogen functional groups attached to an aromatic ring is 1. The molecule has 3 N–H and O–H groups in total. The Kier molecular flexibility index (Phi) is 2.28. The predicted octanol–water partition coefficient (Wildman–Crippen LogP) is 1.04. The molecule has 0 amide bonds. The first-order valence-corrected chi connectivity index (χ1v) is 5.41. The molecule has 2 aromatic heterocycles. The number of rotatable bonds is 1. The number of benzene rings is 1. The lowest BCUT2D eigenvalue weighted by Crippen LogP contribution is -2.10. The molecule has 0 bridgehead atoms. The molecule has 3 aromatic rings. The highest BCUT2D eigenvalue weighted by Crippen LogP contribution is 2.25. The molecule has 0 aliphatic heterocycles. The quantitative estimate of drug-likeness (QED) is 0.631. The first-order chi connectivity index (χ1) is 9.11. The van der Waals surface area contributed by atoms with E-state index in [9.17, 15) is 9.59 Å². The Morgan fingerprint density at radius 3 is 3.00 bits per heavy atom. The fraction of sp³-hybridized carbons (Fsp3) is 0.0833. The third-order valence-electron chi connectivity index (χ3n) is 2.81. The van der Waals surface area contributed by atoms with Crippen LogP contribution in [0.3, 0.4) is 0 Å². The fourth-order valence-electron chi connectivity index (χ4n) is 2.00. The summed E-state index contributed by atoms with van der Waals surface area (Å²) in [5.41, 5.74) is 5.92. The molecule has 3 rings (SSSR count). The van der Waals surface area contributed by atoms with Gasteiger partial charge in [0.2, 0.25) is 0 Å². The van der Waals surface area contributed by atoms with Crippen molar-refractivity contribution in [3.8, 4) is 0 Å². The second kappa shape index (κ2) is 3.84. The second-order valence-electron chi connectivity index (χ2n) is 3.90. The summed E-state index contributed by atoms with van der Waals surface area (Å²) in [6.07, 6.45) is 0. The lowest BCUT2D eigenvalue weighted by atomic mass is 10.1. The van der Waals surface area contributed by atoms with Crippen LogP contribution in [0.15, 0.2) is 27.4 Å².